The molecule has 0 spiro atoms. The van der Waals surface area contributed by atoms with Gasteiger partial charge in [0.2, 0.25) is 0 Å². The van der Waals surface area contributed by atoms with Crippen molar-refractivity contribution < 1.29 is 19.0 Å². The van der Waals surface area contributed by atoms with Crippen molar-refractivity contribution in [2.24, 2.45) is 5.10 Å². The minimum atomic E-state index is -0.441. The molecule has 0 unspecified atom stereocenters. The first kappa shape index (κ1) is 21.0. The third-order valence-electron chi connectivity index (χ3n) is 4.80. The Morgan fingerprint density at radius 2 is 1.91 bits per heavy atom. The fraction of sp³-hybridized carbons (Fsp3) is 0.0800. The number of pyridine rings is 1. The van der Waals surface area contributed by atoms with E-state index in [-0.39, 0.29) is 11.6 Å². The molecule has 0 saturated carbocycles. The fourth-order valence-corrected chi connectivity index (χ4v) is 3.27. The highest BCUT2D eigenvalue weighted by molar-refractivity contribution is 6.07. The number of carbonyl (C=O) groups excluding carboxylic acids is 1. The van der Waals surface area contributed by atoms with Crippen LogP contribution in [0.3, 0.4) is 0 Å². The van der Waals surface area contributed by atoms with Gasteiger partial charge < -0.3 is 9.84 Å². The standard InChI is InChI=1S/C25H20FN3O3/c1-2-32-23-9-5-6-17(24(23)30)15-27-29-25(31)20-14-22(16-10-12-18(26)13-11-16)28-21-8-4-3-7-19(20)21/h3-15,30H,2H2,1H3,(H,29,31)/b27-15+. The number of phenolic OH excluding ortho intramolecular Hbond substituents is 1. The number of phenols is 1. The second-order valence-corrected chi connectivity index (χ2v) is 6.91. The minimum absolute atomic E-state index is 0.0553. The Kier molecular flexibility index (Phi) is 6.07. The van der Waals surface area contributed by atoms with Gasteiger partial charge in [0.25, 0.3) is 5.91 Å². The van der Waals surface area contributed by atoms with Crippen LogP contribution in [-0.4, -0.2) is 28.8 Å². The van der Waals surface area contributed by atoms with Crippen molar-refractivity contribution in [2.75, 3.05) is 6.61 Å². The highest BCUT2D eigenvalue weighted by Gasteiger charge is 2.14. The predicted molar refractivity (Wildman–Crippen MR) is 121 cm³/mol. The predicted octanol–water partition coefficient (Wildman–Crippen LogP) is 4.91. The van der Waals surface area contributed by atoms with Crippen LogP contribution in [0, 0.1) is 5.82 Å². The monoisotopic (exact) mass is 429 g/mol. The molecule has 1 heterocycles. The van der Waals surface area contributed by atoms with Gasteiger partial charge in [-0.25, -0.2) is 14.8 Å². The highest BCUT2D eigenvalue weighted by Crippen LogP contribution is 2.28. The molecule has 6 nitrogen and oxygen atoms in total. The van der Waals surface area contributed by atoms with Gasteiger partial charge in [-0.3, -0.25) is 4.79 Å². The second-order valence-electron chi connectivity index (χ2n) is 6.91. The van der Waals surface area contributed by atoms with E-state index in [0.717, 1.165) is 0 Å². The van der Waals surface area contributed by atoms with Gasteiger partial charge in [-0.1, -0.05) is 24.3 Å². The quantitative estimate of drug-likeness (QED) is 0.337. The lowest BCUT2D eigenvalue weighted by atomic mass is 10.0. The SMILES string of the molecule is CCOc1cccc(/C=N/NC(=O)c2cc(-c3ccc(F)cc3)nc3ccccc23)c1O. The van der Waals surface area contributed by atoms with E-state index in [1.807, 2.05) is 19.1 Å². The smallest absolute Gasteiger partial charge is 0.272 e. The summed E-state index contributed by atoms with van der Waals surface area (Å²) in [5, 5.41) is 14.9. The van der Waals surface area contributed by atoms with Gasteiger partial charge in [0.15, 0.2) is 11.5 Å². The minimum Gasteiger partial charge on any atom is -0.504 e. The van der Waals surface area contributed by atoms with Crippen LogP contribution in [0.4, 0.5) is 4.39 Å². The summed E-state index contributed by atoms with van der Waals surface area (Å²) in [6.07, 6.45) is 1.35. The van der Waals surface area contributed by atoms with Crippen LogP contribution in [0.1, 0.15) is 22.8 Å². The number of hydrogen-bond acceptors (Lipinski definition) is 5. The summed E-state index contributed by atoms with van der Waals surface area (Å²) in [6, 6.07) is 19.8. The third-order valence-corrected chi connectivity index (χ3v) is 4.80. The lowest BCUT2D eigenvalue weighted by Gasteiger charge is -2.09. The van der Waals surface area contributed by atoms with Gasteiger partial charge in [0.1, 0.15) is 5.82 Å². The first-order valence-electron chi connectivity index (χ1n) is 10.0. The number of amides is 1. The number of rotatable bonds is 6. The van der Waals surface area contributed by atoms with Crippen molar-refractivity contribution in [1.29, 1.82) is 0 Å². The van der Waals surface area contributed by atoms with E-state index < -0.39 is 5.91 Å². The van der Waals surface area contributed by atoms with Gasteiger partial charge in [-0.15, -0.1) is 0 Å². The van der Waals surface area contributed by atoms with Crippen molar-refractivity contribution in [1.82, 2.24) is 10.4 Å². The van der Waals surface area contributed by atoms with Crippen LogP contribution in [0.15, 0.2) is 77.9 Å². The van der Waals surface area contributed by atoms with E-state index in [2.05, 4.69) is 15.5 Å². The lowest BCUT2D eigenvalue weighted by Crippen LogP contribution is -2.18. The van der Waals surface area contributed by atoms with Gasteiger partial charge in [0.05, 0.1) is 29.6 Å². The average Bonchev–Trinajstić information content (AvgIpc) is 2.81. The number of carbonyl (C=O) groups is 1. The number of hydrogen-bond donors (Lipinski definition) is 2. The Morgan fingerprint density at radius 1 is 1.12 bits per heavy atom. The maximum atomic E-state index is 13.3. The van der Waals surface area contributed by atoms with E-state index in [1.54, 1.807) is 48.5 Å². The zero-order valence-corrected chi connectivity index (χ0v) is 17.2. The number of benzene rings is 3. The molecule has 2 N–H and O–H groups in total. The molecule has 0 aliphatic carbocycles. The number of hydrazone groups is 1. The van der Waals surface area contributed by atoms with Crippen LogP contribution < -0.4 is 10.2 Å². The number of nitrogens with zero attached hydrogens (tertiary/aromatic N) is 2. The number of halogens is 1. The molecule has 1 aromatic heterocycles. The molecule has 1 amide bonds. The lowest BCUT2D eigenvalue weighted by molar-refractivity contribution is 0.0956. The number of aromatic nitrogens is 1. The van der Waals surface area contributed by atoms with E-state index in [9.17, 15) is 14.3 Å². The third kappa shape index (κ3) is 4.41. The second kappa shape index (κ2) is 9.26. The largest absolute Gasteiger partial charge is 0.504 e. The molecular formula is C25H20FN3O3. The number of fused-ring (bicyclic) bond motifs is 1. The molecule has 4 rings (SSSR count). The maximum absolute atomic E-state index is 13.3. The van der Waals surface area contributed by atoms with Gasteiger partial charge in [0, 0.05) is 16.5 Å². The van der Waals surface area contributed by atoms with Crippen molar-refractivity contribution in [3.05, 3.63) is 89.7 Å². The summed E-state index contributed by atoms with van der Waals surface area (Å²) in [4.78, 5) is 17.5. The summed E-state index contributed by atoms with van der Waals surface area (Å²) >= 11 is 0. The molecule has 0 fully saturated rings. The topological polar surface area (TPSA) is 83.8 Å². The van der Waals surface area contributed by atoms with Crippen LogP contribution in [-0.2, 0) is 0 Å². The summed E-state index contributed by atoms with van der Waals surface area (Å²) in [7, 11) is 0. The molecule has 7 heteroatoms. The fourth-order valence-electron chi connectivity index (χ4n) is 3.27. The zero-order valence-electron chi connectivity index (χ0n) is 17.2. The molecule has 0 saturated heterocycles. The summed E-state index contributed by atoms with van der Waals surface area (Å²) in [5.74, 6) is -0.505. The molecule has 32 heavy (non-hydrogen) atoms. The zero-order chi connectivity index (χ0) is 22.5. The Labute approximate surface area is 184 Å². The maximum Gasteiger partial charge on any atom is 0.272 e. The Morgan fingerprint density at radius 3 is 2.69 bits per heavy atom. The number of para-hydroxylation sites is 2. The van der Waals surface area contributed by atoms with Gasteiger partial charge in [-0.05, 0) is 55.5 Å². The van der Waals surface area contributed by atoms with Crippen LogP contribution in [0.2, 0.25) is 0 Å². The summed E-state index contributed by atoms with van der Waals surface area (Å²) in [5.41, 5.74) is 5.14. The Hall–Kier alpha value is -4.26. The van der Waals surface area contributed by atoms with E-state index >= 15 is 0 Å². The molecule has 0 bridgehead atoms. The number of nitrogens with one attached hydrogen (secondary N) is 1. The molecule has 160 valence electrons. The number of ether oxygens (including phenoxy) is 1. The van der Waals surface area contributed by atoms with Crippen molar-refractivity contribution >= 4 is 23.0 Å². The van der Waals surface area contributed by atoms with E-state index in [0.29, 0.717) is 45.6 Å². The molecular weight excluding hydrogens is 409 g/mol. The van der Waals surface area contributed by atoms with Crippen molar-refractivity contribution in [2.45, 2.75) is 6.92 Å². The molecule has 0 radical (unpaired) electrons. The highest BCUT2D eigenvalue weighted by atomic mass is 19.1. The van der Waals surface area contributed by atoms with Crippen molar-refractivity contribution in [3.8, 4) is 22.8 Å². The molecule has 0 aliphatic rings. The molecule has 0 atom stereocenters. The molecule has 0 aliphatic heterocycles. The summed E-state index contributed by atoms with van der Waals surface area (Å²) < 4.78 is 18.7. The van der Waals surface area contributed by atoms with Crippen LogP contribution in [0.5, 0.6) is 11.5 Å². The van der Waals surface area contributed by atoms with E-state index in [4.69, 9.17) is 4.74 Å². The van der Waals surface area contributed by atoms with Crippen LogP contribution in [0.25, 0.3) is 22.2 Å². The number of aromatic hydroxyl groups is 1. The summed E-state index contributed by atoms with van der Waals surface area (Å²) in [6.45, 7) is 2.23. The van der Waals surface area contributed by atoms with Gasteiger partial charge in [-0.2, -0.15) is 5.10 Å². The van der Waals surface area contributed by atoms with Crippen molar-refractivity contribution in [3.63, 3.8) is 0 Å². The Balaban J connectivity index is 1.64. The first-order valence-corrected chi connectivity index (χ1v) is 10.0. The normalized spacial score (nSPS) is 11.1. The first-order chi connectivity index (χ1) is 15.6. The van der Waals surface area contributed by atoms with Gasteiger partial charge >= 0.3 is 0 Å². The molecule has 3 aromatic carbocycles. The Bertz CT molecular complexity index is 1300. The molecule has 4 aromatic rings. The van der Waals surface area contributed by atoms with Crippen LogP contribution >= 0.6 is 0 Å². The average molecular weight is 429 g/mol. The van der Waals surface area contributed by atoms with E-state index in [1.165, 1.54) is 18.3 Å².